The van der Waals surface area contributed by atoms with Crippen LogP contribution in [-0.4, -0.2) is 16.1 Å². The molecule has 3 rings (SSSR count). The number of hydrogen-bond donors (Lipinski definition) is 3. The lowest BCUT2D eigenvalue weighted by atomic mass is 10.1. The molecule has 0 aliphatic carbocycles. The van der Waals surface area contributed by atoms with Gasteiger partial charge in [0, 0.05) is 24.7 Å². The average Bonchev–Trinajstić information content (AvgIpc) is 3.01. The Morgan fingerprint density at radius 3 is 2.89 bits per heavy atom. The summed E-state index contributed by atoms with van der Waals surface area (Å²) in [4.78, 5) is 11.3. The molecule has 7 nitrogen and oxygen atoms in total. The summed E-state index contributed by atoms with van der Waals surface area (Å²) in [5, 5.41) is 19.2. The number of rotatable bonds is 7. The lowest BCUT2D eigenvalue weighted by molar-refractivity contribution is 0.1000. The van der Waals surface area contributed by atoms with Crippen molar-refractivity contribution in [2.75, 3.05) is 0 Å². The minimum atomic E-state index is -0.552. The standard InChI is InChI=1S/C20H18FN5O2/c1-12-19(28-17-7-14(9-22)6-16(21)8-17)18(26-25-12)11-24-10-13-3-2-4-15(5-13)20(23)27/h2-8,24H,10-11H2,1H3,(H2,23,27)(H,25,26). The number of aromatic amines is 1. The van der Waals surface area contributed by atoms with Crippen LogP contribution in [0.15, 0.2) is 42.5 Å². The smallest absolute Gasteiger partial charge is 0.248 e. The summed E-state index contributed by atoms with van der Waals surface area (Å²) in [7, 11) is 0. The molecule has 1 aromatic heterocycles. The van der Waals surface area contributed by atoms with Crippen molar-refractivity contribution < 1.29 is 13.9 Å². The Hall–Kier alpha value is -3.70. The van der Waals surface area contributed by atoms with Crippen LogP contribution in [0.4, 0.5) is 4.39 Å². The van der Waals surface area contributed by atoms with Crippen LogP contribution in [0, 0.1) is 24.1 Å². The summed E-state index contributed by atoms with van der Waals surface area (Å²) < 4.78 is 19.4. The van der Waals surface area contributed by atoms with Gasteiger partial charge in [0.05, 0.1) is 17.3 Å². The van der Waals surface area contributed by atoms with Gasteiger partial charge >= 0.3 is 0 Å². The monoisotopic (exact) mass is 379 g/mol. The van der Waals surface area contributed by atoms with Crippen LogP contribution in [0.3, 0.4) is 0 Å². The van der Waals surface area contributed by atoms with E-state index in [9.17, 15) is 9.18 Å². The fourth-order valence-corrected chi connectivity index (χ4v) is 2.69. The molecule has 8 heteroatoms. The van der Waals surface area contributed by atoms with E-state index in [1.54, 1.807) is 25.1 Å². The molecule has 3 aromatic rings. The van der Waals surface area contributed by atoms with E-state index in [0.717, 1.165) is 11.6 Å². The highest BCUT2D eigenvalue weighted by molar-refractivity contribution is 5.92. The first kappa shape index (κ1) is 19.1. The van der Waals surface area contributed by atoms with Gasteiger partial charge < -0.3 is 15.8 Å². The lowest BCUT2D eigenvalue weighted by Crippen LogP contribution is -2.15. The van der Waals surface area contributed by atoms with Gasteiger partial charge in [0.1, 0.15) is 17.3 Å². The van der Waals surface area contributed by atoms with Crippen LogP contribution in [0.25, 0.3) is 0 Å². The molecule has 0 saturated heterocycles. The maximum absolute atomic E-state index is 13.6. The second-order valence-corrected chi connectivity index (χ2v) is 6.18. The molecule has 0 unspecified atom stereocenters. The molecule has 0 spiro atoms. The topological polar surface area (TPSA) is 117 Å². The zero-order valence-electron chi connectivity index (χ0n) is 15.1. The third kappa shape index (κ3) is 4.52. The van der Waals surface area contributed by atoms with Gasteiger partial charge in [-0.25, -0.2) is 4.39 Å². The Balaban J connectivity index is 1.70. The van der Waals surface area contributed by atoms with Crippen LogP contribution < -0.4 is 15.8 Å². The molecule has 1 amide bonds. The quantitative estimate of drug-likeness (QED) is 0.583. The number of aryl methyl sites for hydroxylation is 1. The van der Waals surface area contributed by atoms with Gasteiger partial charge in [-0.05, 0) is 36.8 Å². The van der Waals surface area contributed by atoms with E-state index in [-0.39, 0.29) is 11.3 Å². The zero-order chi connectivity index (χ0) is 20.1. The predicted octanol–water partition coefficient (Wildman–Crippen LogP) is 2.91. The number of carbonyl (C=O) groups is 1. The van der Waals surface area contributed by atoms with Crippen LogP contribution >= 0.6 is 0 Å². The number of halogens is 1. The van der Waals surface area contributed by atoms with E-state index < -0.39 is 11.7 Å². The molecule has 4 N–H and O–H groups in total. The maximum atomic E-state index is 13.6. The molecule has 28 heavy (non-hydrogen) atoms. The first-order chi connectivity index (χ1) is 13.5. The Morgan fingerprint density at radius 2 is 2.14 bits per heavy atom. The largest absolute Gasteiger partial charge is 0.453 e. The number of ether oxygens (including phenoxy) is 1. The number of nitrogens with zero attached hydrogens (tertiary/aromatic N) is 2. The molecule has 2 aromatic carbocycles. The van der Waals surface area contributed by atoms with Gasteiger partial charge in [0.25, 0.3) is 0 Å². The first-order valence-electron chi connectivity index (χ1n) is 8.48. The fraction of sp³-hybridized carbons (Fsp3) is 0.150. The van der Waals surface area contributed by atoms with E-state index in [1.165, 1.54) is 12.1 Å². The highest BCUT2D eigenvalue weighted by Crippen LogP contribution is 2.28. The van der Waals surface area contributed by atoms with Gasteiger partial charge in [-0.3, -0.25) is 9.89 Å². The second kappa shape index (κ2) is 8.33. The van der Waals surface area contributed by atoms with Crippen LogP contribution in [-0.2, 0) is 13.1 Å². The number of amides is 1. The number of nitriles is 1. The molecule has 142 valence electrons. The summed E-state index contributed by atoms with van der Waals surface area (Å²) in [5.41, 5.74) is 8.08. The van der Waals surface area contributed by atoms with Gasteiger partial charge in [-0.15, -0.1) is 0 Å². The maximum Gasteiger partial charge on any atom is 0.248 e. The molecule has 0 radical (unpaired) electrons. The SMILES string of the molecule is Cc1[nH]nc(CNCc2cccc(C(N)=O)c2)c1Oc1cc(F)cc(C#N)c1. The van der Waals surface area contributed by atoms with E-state index in [4.69, 9.17) is 15.7 Å². The summed E-state index contributed by atoms with van der Waals surface area (Å²) >= 11 is 0. The Morgan fingerprint density at radius 1 is 1.32 bits per heavy atom. The number of aromatic nitrogens is 2. The van der Waals surface area contributed by atoms with Crippen molar-refractivity contribution in [2.24, 2.45) is 5.73 Å². The van der Waals surface area contributed by atoms with Crippen molar-refractivity contribution in [2.45, 2.75) is 20.0 Å². The summed E-state index contributed by atoms with van der Waals surface area (Å²) in [6.07, 6.45) is 0. The third-order valence-electron chi connectivity index (χ3n) is 4.01. The fourth-order valence-electron chi connectivity index (χ4n) is 2.69. The Labute approximate surface area is 160 Å². The van der Waals surface area contributed by atoms with E-state index in [1.807, 2.05) is 12.1 Å². The van der Waals surface area contributed by atoms with Crippen molar-refractivity contribution in [3.05, 3.63) is 76.4 Å². The minimum absolute atomic E-state index is 0.171. The number of benzene rings is 2. The van der Waals surface area contributed by atoms with Crippen molar-refractivity contribution in [3.8, 4) is 17.6 Å². The van der Waals surface area contributed by atoms with Crippen molar-refractivity contribution >= 4 is 5.91 Å². The highest BCUT2D eigenvalue weighted by Gasteiger charge is 2.14. The first-order valence-corrected chi connectivity index (χ1v) is 8.48. The number of H-pyrrole nitrogens is 1. The van der Waals surface area contributed by atoms with Crippen LogP contribution in [0.5, 0.6) is 11.5 Å². The molecular formula is C20H18FN5O2. The van der Waals surface area contributed by atoms with Crippen LogP contribution in [0.2, 0.25) is 0 Å². The molecule has 1 heterocycles. The van der Waals surface area contributed by atoms with E-state index in [0.29, 0.717) is 35.8 Å². The van der Waals surface area contributed by atoms with Crippen molar-refractivity contribution in [1.29, 1.82) is 5.26 Å². The van der Waals surface area contributed by atoms with Gasteiger partial charge in [0.15, 0.2) is 5.75 Å². The molecule has 0 saturated carbocycles. The second-order valence-electron chi connectivity index (χ2n) is 6.18. The van der Waals surface area contributed by atoms with Crippen molar-refractivity contribution in [3.63, 3.8) is 0 Å². The zero-order valence-corrected chi connectivity index (χ0v) is 15.1. The number of primary amides is 1. The van der Waals surface area contributed by atoms with Gasteiger partial charge in [-0.2, -0.15) is 10.4 Å². The van der Waals surface area contributed by atoms with Gasteiger partial charge in [-0.1, -0.05) is 12.1 Å². The molecule has 0 aliphatic heterocycles. The molecule has 0 fully saturated rings. The third-order valence-corrected chi connectivity index (χ3v) is 4.01. The molecular weight excluding hydrogens is 361 g/mol. The minimum Gasteiger partial charge on any atom is -0.453 e. The lowest BCUT2D eigenvalue weighted by Gasteiger charge is -2.09. The van der Waals surface area contributed by atoms with E-state index in [2.05, 4.69) is 15.5 Å². The Bertz CT molecular complexity index is 1050. The van der Waals surface area contributed by atoms with Crippen LogP contribution in [0.1, 0.15) is 32.9 Å². The highest BCUT2D eigenvalue weighted by atomic mass is 19.1. The number of nitrogens with two attached hydrogens (primary N) is 1. The summed E-state index contributed by atoms with van der Waals surface area (Å²) in [6, 6.07) is 12.7. The Kier molecular flexibility index (Phi) is 5.67. The molecule has 0 atom stereocenters. The molecule has 0 aliphatic rings. The predicted molar refractivity (Wildman–Crippen MR) is 100 cm³/mol. The number of carbonyl (C=O) groups excluding carboxylic acids is 1. The molecule has 0 bridgehead atoms. The normalized spacial score (nSPS) is 10.5. The van der Waals surface area contributed by atoms with Gasteiger partial charge in [0.2, 0.25) is 5.91 Å². The average molecular weight is 379 g/mol. The van der Waals surface area contributed by atoms with E-state index >= 15 is 0 Å². The summed E-state index contributed by atoms with van der Waals surface area (Å²) in [5.74, 6) is -0.346. The van der Waals surface area contributed by atoms with Crippen molar-refractivity contribution in [1.82, 2.24) is 15.5 Å². The number of hydrogen-bond acceptors (Lipinski definition) is 5. The number of nitrogens with one attached hydrogen (secondary N) is 2. The summed E-state index contributed by atoms with van der Waals surface area (Å²) in [6.45, 7) is 2.65.